The van der Waals surface area contributed by atoms with E-state index in [1.165, 1.54) is 6.26 Å². The highest BCUT2D eigenvalue weighted by atomic mass is 32.2. The third-order valence-electron chi connectivity index (χ3n) is 4.01. The minimum Gasteiger partial charge on any atom is -0.459 e. The Hall–Kier alpha value is -1.34. The van der Waals surface area contributed by atoms with Crippen LogP contribution in [0.5, 0.6) is 0 Å². The first-order valence-electron chi connectivity index (χ1n) is 7.06. The SMILES string of the molecule is CC(C)c1ccoc1C(=O)N1C[C@H](CS(N)(=O)=O)[C@@H](C)C1. The second kappa shape index (κ2) is 5.81. The number of hydrogen-bond donors (Lipinski definition) is 1. The Bertz CT molecular complexity index is 621. The van der Waals surface area contributed by atoms with Gasteiger partial charge in [-0.1, -0.05) is 20.8 Å². The Morgan fingerprint density at radius 3 is 2.71 bits per heavy atom. The minimum atomic E-state index is -3.53. The van der Waals surface area contributed by atoms with Crippen LogP contribution in [0.15, 0.2) is 16.7 Å². The molecule has 0 radical (unpaired) electrons. The summed E-state index contributed by atoms with van der Waals surface area (Å²) in [7, 11) is -3.53. The summed E-state index contributed by atoms with van der Waals surface area (Å²) in [6, 6.07) is 1.80. The van der Waals surface area contributed by atoms with E-state index in [9.17, 15) is 13.2 Å². The van der Waals surface area contributed by atoms with Crippen LogP contribution in [-0.4, -0.2) is 38.1 Å². The number of likely N-dealkylation sites (tertiary alicyclic amines) is 1. The largest absolute Gasteiger partial charge is 0.459 e. The maximum atomic E-state index is 12.5. The van der Waals surface area contributed by atoms with Crippen LogP contribution in [0.25, 0.3) is 0 Å². The molecule has 2 atom stereocenters. The van der Waals surface area contributed by atoms with E-state index >= 15 is 0 Å². The Morgan fingerprint density at radius 2 is 2.14 bits per heavy atom. The molecule has 1 fully saturated rings. The summed E-state index contributed by atoms with van der Waals surface area (Å²) < 4.78 is 27.8. The molecule has 2 heterocycles. The lowest BCUT2D eigenvalue weighted by Crippen LogP contribution is -2.31. The summed E-state index contributed by atoms with van der Waals surface area (Å²) in [5.74, 6) is 0.266. The summed E-state index contributed by atoms with van der Waals surface area (Å²) >= 11 is 0. The Balaban J connectivity index is 2.13. The zero-order valence-corrected chi connectivity index (χ0v) is 13.4. The van der Waals surface area contributed by atoms with E-state index in [1.54, 1.807) is 11.0 Å². The fourth-order valence-corrected chi connectivity index (χ4v) is 3.84. The molecule has 1 aromatic heterocycles. The number of carbonyl (C=O) groups is 1. The van der Waals surface area contributed by atoms with Gasteiger partial charge in [0.1, 0.15) is 0 Å². The van der Waals surface area contributed by atoms with E-state index in [2.05, 4.69) is 0 Å². The summed E-state index contributed by atoms with van der Waals surface area (Å²) in [5.41, 5.74) is 0.877. The Morgan fingerprint density at radius 1 is 1.48 bits per heavy atom. The molecule has 1 aliphatic rings. The molecule has 0 bridgehead atoms. The standard InChI is InChI=1S/C14H22N2O4S/c1-9(2)12-4-5-20-13(12)14(17)16-6-10(3)11(7-16)8-21(15,18)19/h4-5,9-11H,6-8H2,1-3H3,(H2,15,18,19)/t10-,11+/m0/s1. The molecule has 2 N–H and O–H groups in total. The maximum absolute atomic E-state index is 12.5. The summed E-state index contributed by atoms with van der Waals surface area (Å²) in [6.07, 6.45) is 1.52. The van der Waals surface area contributed by atoms with E-state index in [0.29, 0.717) is 18.8 Å². The second-order valence-electron chi connectivity index (χ2n) is 6.14. The van der Waals surface area contributed by atoms with Gasteiger partial charge < -0.3 is 9.32 Å². The van der Waals surface area contributed by atoms with Gasteiger partial charge in [0, 0.05) is 18.7 Å². The molecule has 6 nitrogen and oxygen atoms in total. The number of nitrogens with zero attached hydrogens (tertiary/aromatic N) is 1. The van der Waals surface area contributed by atoms with Crippen LogP contribution in [0.1, 0.15) is 42.8 Å². The van der Waals surface area contributed by atoms with Gasteiger partial charge in [-0.25, -0.2) is 13.6 Å². The van der Waals surface area contributed by atoms with Crippen molar-refractivity contribution in [3.63, 3.8) is 0 Å². The fourth-order valence-electron chi connectivity index (χ4n) is 2.81. The van der Waals surface area contributed by atoms with Gasteiger partial charge >= 0.3 is 0 Å². The topological polar surface area (TPSA) is 93.6 Å². The number of hydrogen-bond acceptors (Lipinski definition) is 4. The predicted octanol–water partition coefficient (Wildman–Crippen LogP) is 1.40. The molecule has 0 saturated carbocycles. The lowest BCUT2D eigenvalue weighted by molar-refractivity contribution is 0.0751. The average Bonchev–Trinajstić information content (AvgIpc) is 2.94. The summed E-state index contributed by atoms with van der Waals surface area (Å²) in [6.45, 7) is 6.86. The van der Waals surface area contributed by atoms with Crippen molar-refractivity contribution in [3.8, 4) is 0 Å². The van der Waals surface area contributed by atoms with Crippen LogP contribution in [-0.2, 0) is 10.0 Å². The molecule has 2 rings (SSSR count). The average molecular weight is 314 g/mol. The maximum Gasteiger partial charge on any atom is 0.289 e. The van der Waals surface area contributed by atoms with Crippen molar-refractivity contribution in [2.24, 2.45) is 17.0 Å². The van der Waals surface area contributed by atoms with Crippen LogP contribution in [0.4, 0.5) is 0 Å². The Kier molecular flexibility index (Phi) is 4.43. The van der Waals surface area contributed by atoms with E-state index < -0.39 is 10.0 Å². The highest BCUT2D eigenvalue weighted by Gasteiger charge is 2.36. The molecular weight excluding hydrogens is 292 g/mol. The molecule has 1 saturated heterocycles. The summed E-state index contributed by atoms with van der Waals surface area (Å²) in [4.78, 5) is 14.2. The third-order valence-corrected chi connectivity index (χ3v) is 4.91. The first-order chi connectivity index (χ1) is 9.69. The number of rotatable bonds is 4. The number of furan rings is 1. The molecule has 0 spiro atoms. The van der Waals surface area contributed by atoms with Crippen molar-refractivity contribution in [1.82, 2.24) is 4.90 Å². The molecule has 118 valence electrons. The molecule has 0 unspecified atom stereocenters. The minimum absolute atomic E-state index is 0.0901. The number of nitrogens with two attached hydrogens (primary N) is 1. The van der Waals surface area contributed by atoms with Gasteiger partial charge in [0.2, 0.25) is 10.0 Å². The van der Waals surface area contributed by atoms with Gasteiger partial charge in [0.15, 0.2) is 5.76 Å². The summed E-state index contributed by atoms with van der Waals surface area (Å²) in [5, 5.41) is 5.11. The van der Waals surface area contributed by atoms with Gasteiger partial charge in [0.25, 0.3) is 5.91 Å². The molecule has 0 aliphatic carbocycles. The highest BCUT2D eigenvalue weighted by Crippen LogP contribution is 2.28. The first kappa shape index (κ1) is 16.0. The lowest BCUT2D eigenvalue weighted by atomic mass is 10.0. The smallest absolute Gasteiger partial charge is 0.289 e. The third kappa shape index (κ3) is 3.65. The Labute approximate surface area is 125 Å². The van der Waals surface area contributed by atoms with Gasteiger partial charge in [0.05, 0.1) is 12.0 Å². The number of primary sulfonamides is 1. The van der Waals surface area contributed by atoms with E-state index in [-0.39, 0.29) is 29.4 Å². The van der Waals surface area contributed by atoms with E-state index in [0.717, 1.165) is 5.56 Å². The van der Waals surface area contributed by atoms with Crippen LogP contribution in [0.2, 0.25) is 0 Å². The van der Waals surface area contributed by atoms with E-state index in [1.807, 2.05) is 20.8 Å². The number of sulfonamides is 1. The van der Waals surface area contributed by atoms with Crippen LogP contribution in [0, 0.1) is 11.8 Å². The van der Waals surface area contributed by atoms with Crippen molar-refractivity contribution >= 4 is 15.9 Å². The van der Waals surface area contributed by atoms with Gasteiger partial charge in [-0.15, -0.1) is 0 Å². The van der Waals surface area contributed by atoms with Crippen molar-refractivity contribution < 1.29 is 17.6 Å². The molecule has 1 aromatic rings. The van der Waals surface area contributed by atoms with Crippen molar-refractivity contribution in [2.45, 2.75) is 26.7 Å². The normalized spacial score (nSPS) is 23.0. The fraction of sp³-hybridized carbons (Fsp3) is 0.643. The molecule has 1 amide bonds. The van der Waals surface area contributed by atoms with Crippen LogP contribution < -0.4 is 5.14 Å². The van der Waals surface area contributed by atoms with Gasteiger partial charge in [-0.3, -0.25) is 4.79 Å². The van der Waals surface area contributed by atoms with Crippen LogP contribution in [0.3, 0.4) is 0 Å². The first-order valence-corrected chi connectivity index (χ1v) is 8.77. The molecule has 21 heavy (non-hydrogen) atoms. The van der Waals surface area contributed by atoms with Gasteiger partial charge in [-0.05, 0) is 23.8 Å². The monoisotopic (exact) mass is 314 g/mol. The molecular formula is C14H22N2O4S. The molecule has 0 aromatic carbocycles. The quantitative estimate of drug-likeness (QED) is 0.909. The molecule has 1 aliphatic heterocycles. The van der Waals surface area contributed by atoms with E-state index in [4.69, 9.17) is 9.56 Å². The zero-order valence-electron chi connectivity index (χ0n) is 12.6. The number of amides is 1. The van der Waals surface area contributed by atoms with Gasteiger partial charge in [-0.2, -0.15) is 0 Å². The van der Waals surface area contributed by atoms with Crippen LogP contribution >= 0.6 is 0 Å². The van der Waals surface area contributed by atoms with Crippen molar-refractivity contribution in [3.05, 3.63) is 23.7 Å². The van der Waals surface area contributed by atoms with Crippen molar-refractivity contribution in [1.29, 1.82) is 0 Å². The molecule has 7 heteroatoms. The second-order valence-corrected chi connectivity index (χ2v) is 7.80. The predicted molar refractivity (Wildman–Crippen MR) is 79.3 cm³/mol. The highest BCUT2D eigenvalue weighted by molar-refractivity contribution is 7.89. The zero-order chi connectivity index (χ0) is 15.8. The van der Waals surface area contributed by atoms with Crippen molar-refractivity contribution in [2.75, 3.05) is 18.8 Å². The lowest BCUT2D eigenvalue weighted by Gasteiger charge is -2.16. The number of carbonyl (C=O) groups excluding carboxylic acids is 1.